The number of nitrogens with zero attached hydrogens (tertiary/aromatic N) is 2. The van der Waals surface area contributed by atoms with E-state index in [0.29, 0.717) is 12.8 Å². The average Bonchev–Trinajstić information content (AvgIpc) is 2.10. The topological polar surface area (TPSA) is 66.9 Å². The number of hydrogen-bond acceptors (Lipinski definition) is 3. The van der Waals surface area contributed by atoms with Crippen LogP contribution in [-0.2, 0) is 0 Å². The highest BCUT2D eigenvalue weighted by molar-refractivity contribution is 4.71. The van der Waals surface area contributed by atoms with Crippen LogP contribution in [-0.4, -0.2) is 11.0 Å². The highest BCUT2D eigenvalue weighted by Gasteiger charge is 2.18. The molecule has 0 rings (SSSR count). The van der Waals surface area contributed by atoms with E-state index in [4.69, 9.17) is 5.26 Å². The minimum Gasteiger partial charge on any atom is -0.264 e. The molecule has 0 aromatic rings. The molecule has 0 N–H and O–H groups in total. The molecule has 0 amide bonds. The van der Waals surface area contributed by atoms with Gasteiger partial charge in [-0.3, -0.25) is 10.1 Å². The van der Waals surface area contributed by atoms with Crippen LogP contribution in [0.25, 0.3) is 0 Å². The molecule has 1 unspecified atom stereocenters. The number of hydrogen-bond donors (Lipinski definition) is 0. The number of unbranched alkanes of at least 4 members (excludes halogenated alkanes) is 2. The molecule has 0 saturated carbocycles. The van der Waals surface area contributed by atoms with Crippen molar-refractivity contribution in [3.05, 3.63) is 10.1 Å². The van der Waals surface area contributed by atoms with E-state index < -0.39 is 6.04 Å². The molecule has 0 radical (unpaired) electrons. The standard InChI is InChI=1S/C9H16N2O2/c1-2-3-4-6-9(11(12)13)7-5-8-10/h9H,2-7H2,1H3. The number of rotatable bonds is 7. The van der Waals surface area contributed by atoms with Gasteiger partial charge in [-0.15, -0.1) is 0 Å². The zero-order valence-corrected chi connectivity index (χ0v) is 8.03. The molecule has 0 saturated heterocycles. The summed E-state index contributed by atoms with van der Waals surface area (Å²) in [4.78, 5) is 10.2. The van der Waals surface area contributed by atoms with E-state index in [1.54, 1.807) is 0 Å². The zero-order valence-electron chi connectivity index (χ0n) is 8.03. The third kappa shape index (κ3) is 6.09. The molecule has 0 bridgehead atoms. The van der Waals surface area contributed by atoms with Crippen molar-refractivity contribution in [2.24, 2.45) is 0 Å². The summed E-state index contributed by atoms with van der Waals surface area (Å²) in [5.41, 5.74) is 0. The van der Waals surface area contributed by atoms with Crippen molar-refractivity contribution < 1.29 is 4.92 Å². The highest BCUT2D eigenvalue weighted by atomic mass is 16.6. The van der Waals surface area contributed by atoms with Crippen molar-refractivity contribution >= 4 is 0 Å². The summed E-state index contributed by atoms with van der Waals surface area (Å²) in [5.74, 6) is 0. The van der Waals surface area contributed by atoms with Crippen molar-refractivity contribution in [1.29, 1.82) is 5.26 Å². The van der Waals surface area contributed by atoms with E-state index in [9.17, 15) is 10.1 Å². The molecule has 0 aliphatic carbocycles. The quantitative estimate of drug-likeness (QED) is 0.347. The molecular formula is C9H16N2O2. The molecule has 0 aromatic heterocycles. The molecule has 0 spiro atoms. The summed E-state index contributed by atoms with van der Waals surface area (Å²) < 4.78 is 0. The Bertz CT molecular complexity index is 187. The minimum atomic E-state index is -0.508. The van der Waals surface area contributed by atoms with Gasteiger partial charge in [-0.05, 0) is 6.42 Å². The molecule has 74 valence electrons. The first kappa shape index (κ1) is 11.9. The number of nitriles is 1. The van der Waals surface area contributed by atoms with Gasteiger partial charge >= 0.3 is 0 Å². The third-order valence-electron chi connectivity index (χ3n) is 2.03. The van der Waals surface area contributed by atoms with Gasteiger partial charge < -0.3 is 0 Å². The van der Waals surface area contributed by atoms with Crippen molar-refractivity contribution in [2.75, 3.05) is 0 Å². The summed E-state index contributed by atoms with van der Waals surface area (Å²) in [6.07, 6.45) is 4.31. The molecule has 13 heavy (non-hydrogen) atoms. The van der Waals surface area contributed by atoms with E-state index in [0.717, 1.165) is 19.3 Å². The summed E-state index contributed by atoms with van der Waals surface area (Å²) in [5, 5.41) is 18.8. The largest absolute Gasteiger partial charge is 0.264 e. The Balaban J connectivity index is 3.68. The highest BCUT2D eigenvalue weighted by Crippen LogP contribution is 2.10. The lowest BCUT2D eigenvalue weighted by Gasteiger charge is -2.06. The first-order valence-corrected chi connectivity index (χ1v) is 4.72. The van der Waals surface area contributed by atoms with Crippen LogP contribution >= 0.6 is 0 Å². The van der Waals surface area contributed by atoms with Gasteiger partial charge in [-0.25, -0.2) is 0 Å². The summed E-state index contributed by atoms with van der Waals surface area (Å²) in [6.45, 7) is 2.07. The van der Waals surface area contributed by atoms with E-state index in [-0.39, 0.29) is 11.3 Å². The fourth-order valence-corrected chi connectivity index (χ4v) is 1.22. The van der Waals surface area contributed by atoms with E-state index >= 15 is 0 Å². The lowest BCUT2D eigenvalue weighted by atomic mass is 10.1. The Kier molecular flexibility index (Phi) is 6.89. The van der Waals surface area contributed by atoms with Crippen molar-refractivity contribution in [3.63, 3.8) is 0 Å². The van der Waals surface area contributed by atoms with E-state index in [1.807, 2.05) is 6.07 Å². The minimum absolute atomic E-state index is 0.257. The Labute approximate surface area is 78.7 Å². The summed E-state index contributed by atoms with van der Waals surface area (Å²) in [7, 11) is 0. The van der Waals surface area contributed by atoms with Crippen LogP contribution in [0.1, 0.15) is 45.4 Å². The van der Waals surface area contributed by atoms with Crippen LogP contribution < -0.4 is 0 Å². The molecule has 0 fully saturated rings. The van der Waals surface area contributed by atoms with Crippen LogP contribution in [0.2, 0.25) is 0 Å². The van der Waals surface area contributed by atoms with Gasteiger partial charge in [-0.2, -0.15) is 5.26 Å². The van der Waals surface area contributed by atoms with Crippen molar-refractivity contribution in [3.8, 4) is 6.07 Å². The monoisotopic (exact) mass is 184 g/mol. The molecule has 0 aliphatic heterocycles. The summed E-state index contributed by atoms with van der Waals surface area (Å²) >= 11 is 0. The second-order valence-electron chi connectivity index (χ2n) is 3.13. The first-order chi connectivity index (χ1) is 6.22. The predicted molar refractivity (Wildman–Crippen MR) is 49.8 cm³/mol. The van der Waals surface area contributed by atoms with Gasteiger partial charge in [0, 0.05) is 24.2 Å². The smallest absolute Gasteiger partial charge is 0.214 e. The Morgan fingerprint density at radius 1 is 1.46 bits per heavy atom. The van der Waals surface area contributed by atoms with Crippen LogP contribution in [0, 0.1) is 21.4 Å². The van der Waals surface area contributed by atoms with Crippen molar-refractivity contribution in [1.82, 2.24) is 0 Å². The van der Waals surface area contributed by atoms with Gasteiger partial charge in [0.25, 0.3) is 0 Å². The molecule has 1 atom stereocenters. The van der Waals surface area contributed by atoms with Crippen LogP contribution in [0.3, 0.4) is 0 Å². The lowest BCUT2D eigenvalue weighted by Crippen LogP contribution is -2.18. The van der Waals surface area contributed by atoms with Gasteiger partial charge in [0.1, 0.15) is 0 Å². The van der Waals surface area contributed by atoms with Crippen LogP contribution in [0.15, 0.2) is 0 Å². The van der Waals surface area contributed by atoms with E-state index in [2.05, 4.69) is 6.92 Å². The molecule has 0 aliphatic rings. The normalized spacial score (nSPS) is 12.0. The van der Waals surface area contributed by atoms with Gasteiger partial charge in [0.2, 0.25) is 6.04 Å². The second-order valence-corrected chi connectivity index (χ2v) is 3.13. The van der Waals surface area contributed by atoms with Gasteiger partial charge in [-0.1, -0.05) is 19.8 Å². The SMILES string of the molecule is CCCCCC(CCC#N)[N+](=O)[O-]. The second kappa shape index (κ2) is 7.53. The molecule has 0 aromatic carbocycles. The van der Waals surface area contributed by atoms with E-state index in [1.165, 1.54) is 0 Å². The molecule has 4 heteroatoms. The fraction of sp³-hybridized carbons (Fsp3) is 0.889. The maximum absolute atomic E-state index is 10.5. The molecule has 0 heterocycles. The Hall–Kier alpha value is -1.11. The Morgan fingerprint density at radius 2 is 2.15 bits per heavy atom. The van der Waals surface area contributed by atoms with Crippen molar-refractivity contribution in [2.45, 2.75) is 51.5 Å². The van der Waals surface area contributed by atoms with Crippen LogP contribution in [0.5, 0.6) is 0 Å². The summed E-state index contributed by atoms with van der Waals surface area (Å²) in [6, 6.07) is 1.43. The molecule has 4 nitrogen and oxygen atoms in total. The number of nitro groups is 1. The predicted octanol–water partition coefficient (Wildman–Crippen LogP) is 2.52. The zero-order chi connectivity index (χ0) is 10.1. The van der Waals surface area contributed by atoms with Gasteiger partial charge in [0.15, 0.2) is 0 Å². The third-order valence-corrected chi connectivity index (χ3v) is 2.03. The van der Waals surface area contributed by atoms with Crippen LogP contribution in [0.4, 0.5) is 0 Å². The Morgan fingerprint density at radius 3 is 2.62 bits per heavy atom. The molecular weight excluding hydrogens is 168 g/mol. The average molecular weight is 184 g/mol. The van der Waals surface area contributed by atoms with Gasteiger partial charge in [0.05, 0.1) is 6.07 Å². The fourth-order valence-electron chi connectivity index (χ4n) is 1.22. The maximum atomic E-state index is 10.5. The maximum Gasteiger partial charge on any atom is 0.214 e. The lowest BCUT2D eigenvalue weighted by molar-refractivity contribution is -0.524. The first-order valence-electron chi connectivity index (χ1n) is 4.72.